The van der Waals surface area contributed by atoms with Crippen LogP contribution in [0.25, 0.3) is 0 Å². The molecule has 2 aliphatic heterocycles. The normalized spacial score (nSPS) is 17.3. The lowest BCUT2D eigenvalue weighted by molar-refractivity contribution is -0.137. The number of hydrogen-bond acceptors (Lipinski definition) is 9. The number of nitrogens with zero attached hydrogens (tertiary/aromatic N) is 6. The summed E-state index contributed by atoms with van der Waals surface area (Å²) in [6.45, 7) is 4.18. The number of benzene rings is 3. The molecule has 0 bridgehead atoms. The van der Waals surface area contributed by atoms with Crippen LogP contribution in [0.2, 0.25) is 0 Å². The molecule has 1 fully saturated rings. The number of rotatable bonds is 8. The molecule has 6 rings (SSSR count). The smallest absolute Gasteiger partial charge is 0.416 e. The third-order valence-corrected chi connectivity index (χ3v) is 8.86. The molecule has 1 aromatic heterocycles. The Bertz CT molecular complexity index is 1900. The number of hydrogen-bond donors (Lipinski definition) is 1. The van der Waals surface area contributed by atoms with Crippen molar-refractivity contribution in [2.24, 2.45) is 0 Å². The van der Waals surface area contributed by atoms with Gasteiger partial charge in [0, 0.05) is 25.6 Å². The molecule has 50 heavy (non-hydrogen) atoms. The van der Waals surface area contributed by atoms with Crippen molar-refractivity contribution >= 4 is 23.4 Å². The highest BCUT2D eigenvalue weighted by Crippen LogP contribution is 2.43. The predicted molar refractivity (Wildman–Crippen MR) is 179 cm³/mol. The van der Waals surface area contributed by atoms with Gasteiger partial charge in [-0.25, -0.2) is 14.8 Å². The Hall–Kier alpha value is -5.66. The molecule has 10 nitrogen and oxygen atoms in total. The number of halogens is 3. The van der Waals surface area contributed by atoms with Crippen molar-refractivity contribution in [1.29, 1.82) is 10.5 Å². The Morgan fingerprint density at radius 3 is 2.38 bits per heavy atom. The SMILES string of the molecule is CC[C@@H]1C[C@H](Nc2ncc(N3CCOCC3)c(Cc3cc(C#N)cc(C#N)c3)n2)c2cc(C(F)(F)F)ccc2N1C(=O)OCc1ccccc1. The standard InChI is InChI=1S/C37H34F3N7O3/c1-2-29-19-31(30-18-28(37(38,39)40)8-9-33(30)47(29)36(48)50-23-24-6-4-3-5-7-24)44-35-43-22-34(46-10-12-49-13-11-46)32(45-35)17-25-14-26(20-41)16-27(15-25)21-42/h3-9,14-16,18,22,29,31H,2,10-13,17,19,23H2,1H3,(H,43,44,45)/t29-,31+/m1/s1. The van der Waals surface area contributed by atoms with Crippen molar-refractivity contribution in [3.05, 3.63) is 112 Å². The van der Waals surface area contributed by atoms with Gasteiger partial charge in [0.05, 0.1) is 71.3 Å². The Labute approximate surface area is 287 Å². The van der Waals surface area contributed by atoms with E-state index >= 15 is 0 Å². The maximum absolute atomic E-state index is 14.0. The number of amides is 1. The molecule has 0 aliphatic carbocycles. The highest BCUT2D eigenvalue weighted by molar-refractivity contribution is 5.90. The van der Waals surface area contributed by atoms with Crippen LogP contribution < -0.4 is 15.1 Å². The molecule has 13 heteroatoms. The van der Waals surface area contributed by atoms with E-state index in [0.29, 0.717) is 60.8 Å². The summed E-state index contributed by atoms with van der Waals surface area (Å²) in [5.41, 5.74) is 3.28. The molecule has 3 aromatic carbocycles. The molecule has 3 heterocycles. The summed E-state index contributed by atoms with van der Waals surface area (Å²) < 4.78 is 53.2. The van der Waals surface area contributed by atoms with E-state index in [2.05, 4.69) is 27.3 Å². The molecule has 256 valence electrons. The van der Waals surface area contributed by atoms with Crippen LogP contribution in [-0.2, 0) is 28.7 Å². The largest absolute Gasteiger partial charge is 0.444 e. The van der Waals surface area contributed by atoms with Crippen LogP contribution in [0.5, 0.6) is 0 Å². The third-order valence-electron chi connectivity index (χ3n) is 8.86. The average Bonchev–Trinajstić information content (AvgIpc) is 3.13. The first kappa shape index (κ1) is 34.2. The quantitative estimate of drug-likeness (QED) is 0.206. The van der Waals surface area contributed by atoms with E-state index < -0.39 is 29.9 Å². The molecule has 0 saturated carbocycles. The van der Waals surface area contributed by atoms with Gasteiger partial charge in [0.1, 0.15) is 6.61 Å². The number of morpholine rings is 1. The van der Waals surface area contributed by atoms with Crippen molar-refractivity contribution in [3.63, 3.8) is 0 Å². The Kier molecular flexibility index (Phi) is 10.2. The number of nitrogens with one attached hydrogen (secondary N) is 1. The summed E-state index contributed by atoms with van der Waals surface area (Å²) in [5, 5.41) is 22.4. The van der Waals surface area contributed by atoms with E-state index in [4.69, 9.17) is 14.5 Å². The first-order valence-corrected chi connectivity index (χ1v) is 16.3. The molecule has 4 aromatic rings. The second-order valence-corrected chi connectivity index (χ2v) is 12.1. The van der Waals surface area contributed by atoms with Crippen molar-refractivity contribution in [1.82, 2.24) is 9.97 Å². The first-order chi connectivity index (χ1) is 24.2. The monoisotopic (exact) mass is 681 g/mol. The zero-order valence-electron chi connectivity index (χ0n) is 27.3. The lowest BCUT2D eigenvalue weighted by Crippen LogP contribution is -2.46. The summed E-state index contributed by atoms with van der Waals surface area (Å²) in [7, 11) is 0. The number of carbonyl (C=O) groups is 1. The molecule has 1 saturated heterocycles. The number of fused-ring (bicyclic) bond motifs is 1. The van der Waals surface area contributed by atoms with Crippen molar-refractivity contribution in [3.8, 4) is 12.1 Å². The molecule has 0 radical (unpaired) electrons. The van der Waals surface area contributed by atoms with Crippen LogP contribution >= 0.6 is 0 Å². The molecule has 2 aliphatic rings. The molecular weight excluding hydrogens is 647 g/mol. The van der Waals surface area contributed by atoms with E-state index in [1.165, 1.54) is 17.0 Å². The van der Waals surface area contributed by atoms with Crippen LogP contribution in [0, 0.1) is 22.7 Å². The Balaban J connectivity index is 1.35. The summed E-state index contributed by atoms with van der Waals surface area (Å²) >= 11 is 0. The van der Waals surface area contributed by atoms with Gasteiger partial charge in [0.15, 0.2) is 0 Å². The van der Waals surface area contributed by atoms with Crippen molar-refractivity contribution < 1.29 is 27.4 Å². The lowest BCUT2D eigenvalue weighted by Gasteiger charge is -2.40. The van der Waals surface area contributed by atoms with Gasteiger partial charge >= 0.3 is 12.3 Å². The number of ether oxygens (including phenoxy) is 2. The molecule has 1 N–H and O–H groups in total. The van der Waals surface area contributed by atoms with Gasteiger partial charge in [-0.2, -0.15) is 23.7 Å². The van der Waals surface area contributed by atoms with Gasteiger partial charge in [-0.15, -0.1) is 0 Å². The van der Waals surface area contributed by atoms with Gasteiger partial charge in [0.25, 0.3) is 0 Å². The van der Waals surface area contributed by atoms with E-state index in [1.54, 1.807) is 18.3 Å². The topological polar surface area (TPSA) is 127 Å². The highest BCUT2D eigenvalue weighted by Gasteiger charge is 2.39. The van der Waals surface area contributed by atoms with E-state index in [9.17, 15) is 28.5 Å². The minimum absolute atomic E-state index is 0.0174. The zero-order valence-corrected chi connectivity index (χ0v) is 27.3. The third kappa shape index (κ3) is 7.64. The molecule has 0 unspecified atom stereocenters. The lowest BCUT2D eigenvalue weighted by atomic mass is 9.89. The Morgan fingerprint density at radius 2 is 1.72 bits per heavy atom. The van der Waals surface area contributed by atoms with Crippen LogP contribution in [0.1, 0.15) is 64.9 Å². The fourth-order valence-electron chi connectivity index (χ4n) is 6.40. The maximum atomic E-state index is 14.0. The average molecular weight is 682 g/mol. The summed E-state index contributed by atoms with van der Waals surface area (Å²) in [4.78, 5) is 26.5. The van der Waals surface area contributed by atoms with Gasteiger partial charge in [0.2, 0.25) is 5.95 Å². The second kappa shape index (κ2) is 14.8. The number of carbonyl (C=O) groups excluding carboxylic acids is 1. The number of aromatic nitrogens is 2. The molecule has 2 atom stereocenters. The fraction of sp³-hybridized carbons (Fsp3) is 0.324. The zero-order chi connectivity index (χ0) is 35.3. The van der Waals surface area contributed by atoms with Gasteiger partial charge in [-0.05, 0) is 65.9 Å². The van der Waals surface area contributed by atoms with Crippen LogP contribution in [0.4, 0.5) is 35.3 Å². The van der Waals surface area contributed by atoms with Gasteiger partial charge in [-0.1, -0.05) is 37.3 Å². The summed E-state index contributed by atoms with van der Waals surface area (Å²) in [6.07, 6.45) is -2.53. The molecule has 1 amide bonds. The highest BCUT2D eigenvalue weighted by atomic mass is 19.4. The van der Waals surface area contributed by atoms with Crippen LogP contribution in [-0.4, -0.2) is 48.4 Å². The van der Waals surface area contributed by atoms with Crippen molar-refractivity contribution in [2.45, 2.75) is 51.1 Å². The molecular formula is C37H34F3N7O3. The second-order valence-electron chi connectivity index (χ2n) is 12.1. The number of alkyl halides is 3. The number of nitriles is 2. The minimum atomic E-state index is -4.61. The number of anilines is 3. The summed E-state index contributed by atoms with van der Waals surface area (Å²) in [6, 6.07) is 20.6. The fourth-order valence-corrected chi connectivity index (χ4v) is 6.40. The maximum Gasteiger partial charge on any atom is 0.416 e. The van der Waals surface area contributed by atoms with Crippen LogP contribution in [0.15, 0.2) is 72.9 Å². The molecule has 0 spiro atoms. The summed E-state index contributed by atoms with van der Waals surface area (Å²) in [5.74, 6) is 0.192. The minimum Gasteiger partial charge on any atom is -0.444 e. The van der Waals surface area contributed by atoms with Gasteiger partial charge in [-0.3, -0.25) is 4.90 Å². The predicted octanol–water partition coefficient (Wildman–Crippen LogP) is 7.14. The van der Waals surface area contributed by atoms with Crippen LogP contribution in [0.3, 0.4) is 0 Å². The van der Waals surface area contributed by atoms with E-state index in [-0.39, 0.29) is 31.0 Å². The first-order valence-electron chi connectivity index (χ1n) is 16.3. The van der Waals surface area contributed by atoms with Crippen molar-refractivity contribution in [2.75, 3.05) is 41.4 Å². The Morgan fingerprint density at radius 1 is 1.00 bits per heavy atom. The van der Waals surface area contributed by atoms with Gasteiger partial charge < -0.3 is 19.7 Å². The van der Waals surface area contributed by atoms with E-state index in [0.717, 1.165) is 23.4 Å². The van der Waals surface area contributed by atoms with E-state index in [1.807, 2.05) is 37.3 Å².